The van der Waals surface area contributed by atoms with Crippen molar-refractivity contribution in [2.75, 3.05) is 11.6 Å². The molecule has 0 atom stereocenters. The second kappa shape index (κ2) is 5.55. The number of aryl methyl sites for hydroxylation is 1. The fourth-order valence-electron chi connectivity index (χ4n) is 2.40. The van der Waals surface area contributed by atoms with E-state index in [-0.39, 0.29) is 0 Å². The van der Waals surface area contributed by atoms with Gasteiger partial charge in [-0.3, -0.25) is 5.43 Å². The first kappa shape index (κ1) is 13.0. The monoisotopic (exact) mass is 285 g/mol. The molecule has 1 N–H and O–H groups in total. The first-order chi connectivity index (χ1) is 9.74. The van der Waals surface area contributed by atoms with Crippen LogP contribution in [0.3, 0.4) is 0 Å². The van der Waals surface area contributed by atoms with Crippen LogP contribution in [0.1, 0.15) is 11.1 Å². The Bertz CT molecular complexity index is 652. The van der Waals surface area contributed by atoms with E-state index in [2.05, 4.69) is 52.7 Å². The van der Waals surface area contributed by atoms with Crippen molar-refractivity contribution in [2.24, 2.45) is 5.10 Å². The van der Waals surface area contributed by atoms with E-state index in [9.17, 15) is 0 Å². The summed E-state index contributed by atoms with van der Waals surface area (Å²) >= 11 is 6.04. The molecule has 3 nitrogen and oxygen atoms in total. The lowest BCUT2D eigenvalue weighted by Gasteiger charge is -2.21. The van der Waals surface area contributed by atoms with Gasteiger partial charge >= 0.3 is 0 Å². The zero-order chi connectivity index (χ0) is 13.9. The van der Waals surface area contributed by atoms with Crippen molar-refractivity contribution in [2.45, 2.75) is 13.3 Å². The van der Waals surface area contributed by atoms with Crippen molar-refractivity contribution in [1.29, 1.82) is 0 Å². The van der Waals surface area contributed by atoms with Crippen LogP contribution < -0.4 is 10.3 Å². The zero-order valence-corrected chi connectivity index (χ0v) is 12.1. The maximum atomic E-state index is 6.04. The summed E-state index contributed by atoms with van der Waals surface area (Å²) < 4.78 is 0. The van der Waals surface area contributed by atoms with Crippen LogP contribution in [0.4, 0.5) is 5.69 Å². The lowest BCUT2D eigenvalue weighted by atomic mass is 10.1. The Labute approximate surface area is 123 Å². The van der Waals surface area contributed by atoms with Gasteiger partial charge in [0, 0.05) is 17.1 Å². The molecule has 1 aliphatic rings. The molecule has 0 fully saturated rings. The number of benzene rings is 2. The van der Waals surface area contributed by atoms with Crippen LogP contribution in [0, 0.1) is 6.92 Å². The molecule has 0 aliphatic carbocycles. The summed E-state index contributed by atoms with van der Waals surface area (Å²) in [6.45, 7) is 2.82. The highest BCUT2D eigenvalue weighted by molar-refractivity contribution is 6.30. The van der Waals surface area contributed by atoms with E-state index < -0.39 is 0 Å². The summed E-state index contributed by atoms with van der Waals surface area (Å²) in [5.41, 5.74) is 6.67. The van der Waals surface area contributed by atoms with E-state index in [1.165, 1.54) is 16.8 Å². The molecule has 1 aliphatic heterocycles. The van der Waals surface area contributed by atoms with Gasteiger partial charge in [0.2, 0.25) is 0 Å². The van der Waals surface area contributed by atoms with Crippen LogP contribution in [0.15, 0.2) is 53.6 Å². The van der Waals surface area contributed by atoms with Crippen LogP contribution in [0.5, 0.6) is 0 Å². The Morgan fingerprint density at radius 1 is 1.20 bits per heavy atom. The second-order valence-corrected chi connectivity index (χ2v) is 5.30. The van der Waals surface area contributed by atoms with Crippen molar-refractivity contribution in [3.8, 4) is 0 Å². The van der Waals surface area contributed by atoms with Crippen LogP contribution in [-0.2, 0) is 6.42 Å². The fraction of sp³-hybridized carbons (Fsp3) is 0.188. The van der Waals surface area contributed by atoms with E-state index in [0.717, 1.165) is 17.3 Å². The molecule has 3 rings (SSSR count). The summed E-state index contributed by atoms with van der Waals surface area (Å²) in [5, 5.41) is 5.17. The maximum absolute atomic E-state index is 6.04. The Kier molecular flexibility index (Phi) is 3.61. The lowest BCUT2D eigenvalue weighted by molar-refractivity contribution is 0.806. The van der Waals surface area contributed by atoms with E-state index in [4.69, 9.17) is 11.6 Å². The van der Waals surface area contributed by atoms with Gasteiger partial charge in [0.25, 0.3) is 0 Å². The molecule has 2 aromatic carbocycles. The van der Waals surface area contributed by atoms with Crippen molar-refractivity contribution in [1.82, 2.24) is 5.43 Å². The molecule has 102 valence electrons. The van der Waals surface area contributed by atoms with Crippen molar-refractivity contribution in [3.63, 3.8) is 0 Å². The number of hydrogen-bond donors (Lipinski definition) is 1. The highest BCUT2D eigenvalue weighted by Gasteiger charge is 2.20. The Hall–Kier alpha value is -2.00. The van der Waals surface area contributed by atoms with Crippen LogP contribution in [0.2, 0.25) is 5.02 Å². The number of para-hydroxylation sites is 1. The van der Waals surface area contributed by atoms with Gasteiger partial charge in [-0.25, -0.2) is 0 Å². The third-order valence-electron chi connectivity index (χ3n) is 3.41. The highest BCUT2D eigenvalue weighted by Crippen LogP contribution is 2.22. The molecule has 0 bridgehead atoms. The number of halogens is 1. The minimum atomic E-state index is 0.709. The standard InChI is InChI=1S/C16H16ClN3/c1-12-5-2-3-8-15(12)20-11-18-19-16(20)10-13-6-4-7-14(17)9-13/h2-9,18H,10-11H2,1H3. The van der Waals surface area contributed by atoms with Gasteiger partial charge in [-0.05, 0) is 36.2 Å². The van der Waals surface area contributed by atoms with Gasteiger partial charge in [-0.2, -0.15) is 5.10 Å². The summed E-state index contributed by atoms with van der Waals surface area (Å²) in [6.07, 6.45) is 0.766. The van der Waals surface area contributed by atoms with E-state index >= 15 is 0 Å². The van der Waals surface area contributed by atoms with Crippen molar-refractivity contribution < 1.29 is 0 Å². The van der Waals surface area contributed by atoms with Crippen molar-refractivity contribution >= 4 is 23.1 Å². The average Bonchev–Trinajstić information content (AvgIpc) is 2.87. The minimum Gasteiger partial charge on any atom is -0.308 e. The molecule has 0 radical (unpaired) electrons. The molecule has 20 heavy (non-hydrogen) atoms. The third-order valence-corrected chi connectivity index (χ3v) is 3.64. The first-order valence-electron chi connectivity index (χ1n) is 6.61. The summed E-state index contributed by atoms with van der Waals surface area (Å²) in [7, 11) is 0. The molecule has 0 unspecified atom stereocenters. The second-order valence-electron chi connectivity index (χ2n) is 4.87. The van der Waals surface area contributed by atoms with Crippen LogP contribution >= 0.6 is 11.6 Å². The molecule has 0 amide bonds. The number of amidine groups is 1. The molecule has 0 saturated carbocycles. The largest absolute Gasteiger partial charge is 0.308 e. The predicted octanol–water partition coefficient (Wildman–Crippen LogP) is 3.57. The average molecular weight is 286 g/mol. The highest BCUT2D eigenvalue weighted by atomic mass is 35.5. The van der Waals surface area contributed by atoms with Crippen LogP contribution in [-0.4, -0.2) is 12.5 Å². The number of hydrogen-bond acceptors (Lipinski definition) is 3. The Morgan fingerprint density at radius 3 is 2.85 bits per heavy atom. The molecule has 4 heteroatoms. The SMILES string of the molecule is Cc1ccccc1N1CNN=C1Cc1cccc(Cl)c1. The molecule has 0 spiro atoms. The number of anilines is 1. The first-order valence-corrected chi connectivity index (χ1v) is 6.99. The quantitative estimate of drug-likeness (QED) is 0.933. The summed E-state index contributed by atoms with van der Waals surface area (Å²) in [5.74, 6) is 1.02. The van der Waals surface area contributed by atoms with E-state index in [1.54, 1.807) is 0 Å². The van der Waals surface area contributed by atoms with Gasteiger partial charge in [0.1, 0.15) is 12.5 Å². The predicted molar refractivity (Wildman–Crippen MR) is 84.3 cm³/mol. The normalized spacial score (nSPS) is 14.1. The third kappa shape index (κ3) is 2.63. The minimum absolute atomic E-state index is 0.709. The molecule has 0 aromatic heterocycles. The van der Waals surface area contributed by atoms with Gasteiger partial charge < -0.3 is 4.90 Å². The number of nitrogens with zero attached hydrogens (tertiary/aromatic N) is 2. The molecular formula is C16H16ClN3. The van der Waals surface area contributed by atoms with Crippen molar-refractivity contribution in [3.05, 3.63) is 64.7 Å². The van der Waals surface area contributed by atoms with E-state index in [0.29, 0.717) is 6.67 Å². The number of nitrogens with one attached hydrogen (secondary N) is 1. The molecule has 2 aromatic rings. The number of rotatable bonds is 3. The topological polar surface area (TPSA) is 27.6 Å². The zero-order valence-electron chi connectivity index (χ0n) is 11.3. The van der Waals surface area contributed by atoms with E-state index in [1.807, 2.05) is 18.2 Å². The van der Waals surface area contributed by atoms with Crippen LogP contribution in [0.25, 0.3) is 0 Å². The lowest BCUT2D eigenvalue weighted by Crippen LogP contribution is -2.31. The smallest absolute Gasteiger partial charge is 0.135 e. The maximum Gasteiger partial charge on any atom is 0.135 e. The Balaban J connectivity index is 1.85. The molecule has 0 saturated heterocycles. The molecular weight excluding hydrogens is 270 g/mol. The van der Waals surface area contributed by atoms with Gasteiger partial charge in [0.15, 0.2) is 0 Å². The summed E-state index contributed by atoms with van der Waals surface area (Å²) in [4.78, 5) is 2.20. The van der Waals surface area contributed by atoms with Gasteiger partial charge in [0.05, 0.1) is 0 Å². The Morgan fingerprint density at radius 2 is 2.05 bits per heavy atom. The van der Waals surface area contributed by atoms with Gasteiger partial charge in [-0.15, -0.1) is 0 Å². The molecule has 1 heterocycles. The fourth-order valence-corrected chi connectivity index (χ4v) is 2.62. The number of hydrazone groups is 1. The summed E-state index contributed by atoms with van der Waals surface area (Å²) in [6, 6.07) is 16.3. The van der Waals surface area contributed by atoms with Gasteiger partial charge in [-0.1, -0.05) is 41.9 Å².